The smallest absolute Gasteiger partial charge is 0.274 e. The summed E-state index contributed by atoms with van der Waals surface area (Å²) in [4.78, 5) is 30.4. The van der Waals surface area contributed by atoms with Gasteiger partial charge in [0.15, 0.2) is 5.65 Å². The second-order valence-electron chi connectivity index (χ2n) is 8.73. The fraction of sp³-hybridized carbons (Fsp3) is 0.455. The van der Waals surface area contributed by atoms with Gasteiger partial charge in [-0.05, 0) is 31.9 Å². The molecule has 33 heavy (non-hydrogen) atoms. The number of carbonyl (C=O) groups excluding carboxylic acids is 1. The van der Waals surface area contributed by atoms with Crippen molar-refractivity contribution in [1.29, 1.82) is 0 Å². The zero-order chi connectivity index (χ0) is 23.3. The number of nitrogens with one attached hydrogen (secondary N) is 3. The van der Waals surface area contributed by atoms with Gasteiger partial charge in [0.1, 0.15) is 29.1 Å². The Bertz CT molecular complexity index is 1280. The minimum atomic E-state index is -0.994. The molecule has 2 fully saturated rings. The van der Waals surface area contributed by atoms with Crippen LogP contribution in [-0.2, 0) is 4.74 Å². The van der Waals surface area contributed by atoms with Crippen molar-refractivity contribution in [3.8, 4) is 0 Å². The van der Waals surface area contributed by atoms with E-state index in [0.717, 1.165) is 12.8 Å². The van der Waals surface area contributed by atoms with Crippen molar-refractivity contribution in [3.63, 3.8) is 0 Å². The number of hydrogen-bond donors (Lipinski definition) is 3. The third-order valence-electron chi connectivity index (χ3n) is 6.69. The Kier molecular flexibility index (Phi) is 5.08. The SMILES string of the molecule is CNc1cc(Nc2cccn([C@H]3C[C@@H]3F)c2=O)nc2c(C(=O)N[C@@H]3CC[C@@]3(C)OC)cnn12. The quantitative estimate of drug-likeness (QED) is 0.501. The molecule has 3 aromatic rings. The normalized spacial score (nSPS) is 26.0. The zero-order valence-electron chi connectivity index (χ0n) is 18.6. The van der Waals surface area contributed by atoms with Crippen molar-refractivity contribution in [1.82, 2.24) is 24.5 Å². The van der Waals surface area contributed by atoms with E-state index in [4.69, 9.17) is 4.74 Å². The van der Waals surface area contributed by atoms with Crippen LogP contribution in [-0.4, -0.2) is 57.0 Å². The lowest BCUT2D eigenvalue weighted by Crippen LogP contribution is -2.59. The summed E-state index contributed by atoms with van der Waals surface area (Å²) >= 11 is 0. The number of fused-ring (bicyclic) bond motifs is 1. The average Bonchev–Trinajstić information content (AvgIpc) is 3.37. The van der Waals surface area contributed by atoms with Gasteiger partial charge in [-0.1, -0.05) is 0 Å². The molecule has 2 aliphatic rings. The van der Waals surface area contributed by atoms with Gasteiger partial charge in [-0.2, -0.15) is 9.61 Å². The first-order chi connectivity index (χ1) is 15.8. The number of ether oxygens (including phenoxy) is 1. The van der Waals surface area contributed by atoms with Crippen molar-refractivity contribution in [2.24, 2.45) is 0 Å². The Morgan fingerprint density at radius 1 is 1.39 bits per heavy atom. The zero-order valence-corrected chi connectivity index (χ0v) is 18.6. The highest BCUT2D eigenvalue weighted by molar-refractivity contribution is 6.00. The van der Waals surface area contributed by atoms with Gasteiger partial charge in [-0.25, -0.2) is 9.37 Å². The molecule has 0 saturated heterocycles. The number of anilines is 3. The molecular formula is C22H26FN7O3. The fourth-order valence-electron chi connectivity index (χ4n) is 4.21. The van der Waals surface area contributed by atoms with Crippen LogP contribution in [0.3, 0.4) is 0 Å². The number of rotatable bonds is 7. The summed E-state index contributed by atoms with van der Waals surface area (Å²) in [5, 5.41) is 13.4. The number of pyridine rings is 1. The molecule has 2 aliphatic carbocycles. The van der Waals surface area contributed by atoms with Crippen molar-refractivity contribution in [2.45, 2.75) is 50.0 Å². The highest BCUT2D eigenvalue weighted by Crippen LogP contribution is 2.38. The maximum atomic E-state index is 13.5. The molecule has 174 valence electrons. The van der Waals surface area contributed by atoms with Crippen molar-refractivity contribution < 1.29 is 13.9 Å². The molecule has 1 amide bonds. The molecule has 3 N–H and O–H groups in total. The largest absolute Gasteiger partial charge is 0.376 e. The summed E-state index contributed by atoms with van der Waals surface area (Å²) in [6.07, 6.45) is 4.10. The summed E-state index contributed by atoms with van der Waals surface area (Å²) in [6, 6.07) is 4.47. The van der Waals surface area contributed by atoms with Crippen LogP contribution in [0.1, 0.15) is 42.6 Å². The van der Waals surface area contributed by atoms with Gasteiger partial charge in [-0.3, -0.25) is 9.59 Å². The molecule has 10 nitrogen and oxygen atoms in total. The Morgan fingerprint density at radius 2 is 2.18 bits per heavy atom. The molecule has 0 unspecified atom stereocenters. The van der Waals surface area contributed by atoms with Crippen LogP contribution in [0.5, 0.6) is 0 Å². The number of amides is 1. The van der Waals surface area contributed by atoms with Crippen LogP contribution in [0.2, 0.25) is 0 Å². The minimum absolute atomic E-state index is 0.0976. The molecular weight excluding hydrogens is 429 g/mol. The van der Waals surface area contributed by atoms with E-state index in [1.165, 1.54) is 15.3 Å². The number of alkyl halides is 1. The Balaban J connectivity index is 1.46. The van der Waals surface area contributed by atoms with E-state index in [0.29, 0.717) is 29.3 Å². The predicted octanol–water partition coefficient (Wildman–Crippen LogP) is 2.26. The molecule has 0 aromatic carbocycles. The molecule has 0 spiro atoms. The van der Waals surface area contributed by atoms with E-state index >= 15 is 0 Å². The Labute approximate surface area is 189 Å². The Morgan fingerprint density at radius 3 is 2.82 bits per heavy atom. The molecule has 4 atom stereocenters. The van der Waals surface area contributed by atoms with Crippen LogP contribution < -0.4 is 21.5 Å². The van der Waals surface area contributed by atoms with Gasteiger partial charge < -0.3 is 25.3 Å². The number of aromatic nitrogens is 4. The lowest BCUT2D eigenvalue weighted by molar-refractivity contribution is -0.0828. The van der Waals surface area contributed by atoms with E-state index in [9.17, 15) is 14.0 Å². The fourth-order valence-corrected chi connectivity index (χ4v) is 4.21. The molecule has 5 rings (SSSR count). The average molecular weight is 455 g/mol. The monoisotopic (exact) mass is 455 g/mol. The maximum Gasteiger partial charge on any atom is 0.274 e. The van der Waals surface area contributed by atoms with E-state index in [1.807, 2.05) is 6.92 Å². The maximum absolute atomic E-state index is 13.5. The first-order valence-electron chi connectivity index (χ1n) is 10.9. The highest BCUT2D eigenvalue weighted by atomic mass is 19.1. The molecule has 0 aliphatic heterocycles. The van der Waals surface area contributed by atoms with E-state index < -0.39 is 12.2 Å². The summed E-state index contributed by atoms with van der Waals surface area (Å²) in [7, 11) is 3.36. The van der Waals surface area contributed by atoms with E-state index in [1.54, 1.807) is 38.6 Å². The van der Waals surface area contributed by atoms with Crippen LogP contribution in [0.4, 0.5) is 21.7 Å². The van der Waals surface area contributed by atoms with Gasteiger partial charge in [0.25, 0.3) is 11.5 Å². The highest BCUT2D eigenvalue weighted by Gasteiger charge is 2.44. The van der Waals surface area contributed by atoms with Gasteiger partial charge in [0.05, 0.1) is 23.9 Å². The molecule has 0 bridgehead atoms. The first-order valence-corrected chi connectivity index (χ1v) is 10.9. The summed E-state index contributed by atoms with van der Waals surface area (Å²) < 4.78 is 22.0. The number of nitrogens with zero attached hydrogens (tertiary/aromatic N) is 4. The first kappa shape index (κ1) is 21.4. The van der Waals surface area contributed by atoms with Crippen LogP contribution in [0.15, 0.2) is 35.4 Å². The lowest BCUT2D eigenvalue weighted by Gasteiger charge is -2.45. The van der Waals surface area contributed by atoms with Crippen LogP contribution in [0.25, 0.3) is 5.65 Å². The van der Waals surface area contributed by atoms with Gasteiger partial charge in [-0.15, -0.1) is 0 Å². The molecule has 3 aromatic heterocycles. The van der Waals surface area contributed by atoms with E-state index in [-0.39, 0.29) is 28.8 Å². The number of carbonyl (C=O) groups is 1. The second kappa shape index (κ2) is 7.84. The molecule has 2 saturated carbocycles. The van der Waals surface area contributed by atoms with Gasteiger partial charge >= 0.3 is 0 Å². The lowest BCUT2D eigenvalue weighted by atomic mass is 9.76. The van der Waals surface area contributed by atoms with Crippen LogP contribution in [0, 0.1) is 0 Å². The van der Waals surface area contributed by atoms with Gasteiger partial charge in [0.2, 0.25) is 0 Å². The standard InChI is InChI=1S/C22H26FN7O3/c1-22(33-3)7-6-16(22)27-20(31)12-11-25-30-18(24-2)10-17(28-19(12)30)26-14-5-4-8-29(21(14)32)15-9-13(15)23/h4-5,8,10-11,13,15-16,24H,6-7,9H2,1-3H3,(H,26,28)(H,27,31)/t13-,15-,16+,22+/m0/s1. The predicted molar refractivity (Wildman–Crippen MR) is 121 cm³/mol. The molecule has 0 radical (unpaired) electrons. The van der Waals surface area contributed by atoms with Crippen molar-refractivity contribution in [2.75, 3.05) is 24.8 Å². The summed E-state index contributed by atoms with van der Waals surface area (Å²) in [5.41, 5.74) is 0.200. The van der Waals surface area contributed by atoms with E-state index in [2.05, 4.69) is 26.0 Å². The number of halogens is 1. The third kappa shape index (κ3) is 3.62. The minimum Gasteiger partial charge on any atom is -0.376 e. The molecule has 3 heterocycles. The topological polar surface area (TPSA) is 115 Å². The Hall–Kier alpha value is -3.47. The third-order valence-corrected chi connectivity index (χ3v) is 6.69. The summed E-state index contributed by atoms with van der Waals surface area (Å²) in [5.74, 6) is 0.637. The van der Waals surface area contributed by atoms with Crippen molar-refractivity contribution in [3.05, 3.63) is 46.5 Å². The van der Waals surface area contributed by atoms with Crippen molar-refractivity contribution >= 4 is 28.9 Å². The molecule has 11 heteroatoms. The summed E-state index contributed by atoms with van der Waals surface area (Å²) in [6.45, 7) is 1.97. The number of hydrogen-bond acceptors (Lipinski definition) is 7. The van der Waals surface area contributed by atoms with Crippen LogP contribution >= 0.6 is 0 Å². The van der Waals surface area contributed by atoms with Gasteiger partial charge in [0, 0.05) is 32.8 Å². The number of methoxy groups -OCH3 is 1. The second-order valence-corrected chi connectivity index (χ2v) is 8.73.